The first-order valence-electron chi connectivity index (χ1n) is 10.2. The molecule has 7 nitrogen and oxygen atoms in total. The van der Waals surface area contributed by atoms with E-state index in [0.29, 0.717) is 36.9 Å². The summed E-state index contributed by atoms with van der Waals surface area (Å²) in [4.78, 5) is 28.9. The van der Waals surface area contributed by atoms with E-state index in [9.17, 15) is 22.8 Å². The van der Waals surface area contributed by atoms with Crippen molar-refractivity contribution in [2.24, 2.45) is 0 Å². The van der Waals surface area contributed by atoms with E-state index in [1.54, 1.807) is 11.9 Å². The fourth-order valence-corrected chi connectivity index (χ4v) is 4.14. The first-order chi connectivity index (χ1) is 15.2. The molecule has 172 valence electrons. The number of rotatable bonds is 7. The molecule has 0 unspecified atom stereocenters. The summed E-state index contributed by atoms with van der Waals surface area (Å²) in [6.45, 7) is -2.51. The van der Waals surface area contributed by atoms with E-state index in [4.69, 9.17) is 11.6 Å². The average Bonchev–Trinajstić information content (AvgIpc) is 3.45. The number of H-pyrrole nitrogens is 1. The quantitative estimate of drug-likeness (QED) is 0.674. The molecule has 4 rings (SSSR count). The van der Waals surface area contributed by atoms with Gasteiger partial charge < -0.3 is 14.5 Å². The van der Waals surface area contributed by atoms with Crippen LogP contribution in [0.4, 0.5) is 13.2 Å². The van der Waals surface area contributed by atoms with Crippen molar-refractivity contribution in [3.63, 3.8) is 0 Å². The van der Waals surface area contributed by atoms with Crippen molar-refractivity contribution in [1.82, 2.24) is 20.0 Å². The number of nitrogens with zero attached hydrogens (tertiary/aromatic N) is 3. The zero-order valence-corrected chi connectivity index (χ0v) is 18.1. The van der Waals surface area contributed by atoms with Crippen LogP contribution < -0.4 is 0 Å². The molecule has 2 amide bonds. The number of amides is 2. The van der Waals surface area contributed by atoms with Crippen LogP contribution in [0.3, 0.4) is 0 Å². The summed E-state index contributed by atoms with van der Waals surface area (Å²) < 4.78 is 42.7. The first-order valence-corrected chi connectivity index (χ1v) is 10.5. The molecule has 2 aromatic rings. The van der Waals surface area contributed by atoms with E-state index in [-0.39, 0.29) is 36.2 Å². The number of nitrogens with one attached hydrogen (secondary N) is 1. The Kier molecular flexibility index (Phi) is 6.17. The summed E-state index contributed by atoms with van der Waals surface area (Å²) in [7, 11) is 1.55. The summed E-state index contributed by atoms with van der Waals surface area (Å²) in [6.07, 6.45) is 1.68. The number of hydrogen-bond donors (Lipinski definition) is 1. The van der Waals surface area contributed by atoms with Crippen molar-refractivity contribution in [3.8, 4) is 0 Å². The fourth-order valence-electron chi connectivity index (χ4n) is 3.93. The second-order valence-electron chi connectivity index (χ2n) is 8.18. The van der Waals surface area contributed by atoms with Gasteiger partial charge in [0.1, 0.15) is 5.82 Å². The molecule has 11 heteroatoms. The van der Waals surface area contributed by atoms with Crippen LogP contribution in [0.1, 0.15) is 40.2 Å². The topological polar surface area (TPSA) is 78.5 Å². The lowest BCUT2D eigenvalue weighted by molar-refractivity contribution is -0.141. The number of hydrogen-bond acceptors (Lipinski definition) is 4. The van der Waals surface area contributed by atoms with Gasteiger partial charge in [0, 0.05) is 37.8 Å². The highest BCUT2D eigenvalue weighted by Crippen LogP contribution is 2.42. The van der Waals surface area contributed by atoms with Gasteiger partial charge in [-0.3, -0.25) is 14.7 Å². The van der Waals surface area contributed by atoms with E-state index in [0.717, 1.165) is 5.69 Å². The highest BCUT2D eigenvalue weighted by molar-refractivity contribution is 6.30. The van der Waals surface area contributed by atoms with Crippen LogP contribution in [0.5, 0.6) is 0 Å². The van der Waals surface area contributed by atoms with Crippen molar-refractivity contribution in [1.29, 1.82) is 0 Å². The van der Waals surface area contributed by atoms with Crippen LogP contribution in [-0.4, -0.2) is 64.2 Å². The Morgan fingerprint density at radius 2 is 2.12 bits per heavy atom. The fraction of sp³-hybridized carbons (Fsp3) is 0.476. The number of fused-ring (bicyclic) bond motifs is 1. The van der Waals surface area contributed by atoms with Crippen molar-refractivity contribution in [3.05, 3.63) is 51.6 Å². The molecule has 0 saturated heterocycles. The molecule has 0 spiro atoms. The van der Waals surface area contributed by atoms with Gasteiger partial charge in [0.15, 0.2) is 5.69 Å². The van der Waals surface area contributed by atoms with E-state index >= 15 is 0 Å². The Hall–Kier alpha value is -2.59. The minimum Gasteiger partial charge on any atom is -0.338 e. The Balaban J connectivity index is 1.46. The Morgan fingerprint density at radius 1 is 1.38 bits per heavy atom. The third kappa shape index (κ3) is 4.47. The third-order valence-electron chi connectivity index (χ3n) is 6.15. The van der Waals surface area contributed by atoms with E-state index < -0.39 is 23.9 Å². The Morgan fingerprint density at radius 3 is 2.78 bits per heavy atom. The minimum absolute atomic E-state index is 0.0461. The standard InChI is InChI=1S/C21H22ClF3N4O3/c1-28(21(5-6-21)11-32-20(24)25)19(31)18-13-10-29(7-4-16(13)26-27-18)17(30)9-12-2-3-15(23)14(22)8-12/h2-3,8,20H,4-7,9-11H2,1H3,(H,26,27). The zero-order chi connectivity index (χ0) is 23.0. The molecule has 1 N–H and O–H groups in total. The van der Waals surface area contributed by atoms with Crippen LogP contribution in [0.25, 0.3) is 0 Å². The predicted octanol–water partition coefficient (Wildman–Crippen LogP) is 3.17. The molecule has 1 aromatic carbocycles. The Bertz CT molecular complexity index is 1040. The maximum absolute atomic E-state index is 13.4. The van der Waals surface area contributed by atoms with Gasteiger partial charge in [-0.15, -0.1) is 0 Å². The van der Waals surface area contributed by atoms with Crippen molar-refractivity contribution in [2.45, 2.75) is 44.4 Å². The number of carbonyl (C=O) groups excluding carboxylic acids is 2. The summed E-state index contributed by atoms with van der Waals surface area (Å²) in [5, 5.41) is 6.96. The predicted molar refractivity (Wildman–Crippen MR) is 109 cm³/mol. The van der Waals surface area contributed by atoms with E-state index in [2.05, 4.69) is 14.9 Å². The van der Waals surface area contributed by atoms with Crippen LogP contribution in [0, 0.1) is 5.82 Å². The van der Waals surface area contributed by atoms with Crippen LogP contribution in [0.15, 0.2) is 18.2 Å². The van der Waals surface area contributed by atoms with E-state index in [1.165, 1.54) is 23.1 Å². The number of aromatic amines is 1. The van der Waals surface area contributed by atoms with Gasteiger partial charge in [-0.05, 0) is 30.5 Å². The normalized spacial score (nSPS) is 16.8. The third-order valence-corrected chi connectivity index (χ3v) is 6.44. The van der Waals surface area contributed by atoms with Gasteiger partial charge in [-0.25, -0.2) is 4.39 Å². The number of aromatic nitrogens is 2. The monoisotopic (exact) mass is 470 g/mol. The summed E-state index contributed by atoms with van der Waals surface area (Å²) in [5.74, 6) is -1.14. The molecule has 1 fully saturated rings. The van der Waals surface area contributed by atoms with Crippen molar-refractivity contribution in [2.75, 3.05) is 20.2 Å². The number of carbonyl (C=O) groups is 2. The van der Waals surface area contributed by atoms with Crippen LogP contribution in [-0.2, 0) is 28.9 Å². The highest BCUT2D eigenvalue weighted by atomic mass is 35.5. The van der Waals surface area contributed by atoms with Crippen LogP contribution >= 0.6 is 11.6 Å². The molecule has 0 radical (unpaired) electrons. The molecule has 2 heterocycles. The highest BCUT2D eigenvalue weighted by Gasteiger charge is 2.50. The molecular formula is C21H22ClF3N4O3. The summed E-state index contributed by atoms with van der Waals surface area (Å²) in [6, 6.07) is 4.14. The van der Waals surface area contributed by atoms with Crippen LogP contribution in [0.2, 0.25) is 5.02 Å². The summed E-state index contributed by atoms with van der Waals surface area (Å²) in [5.41, 5.74) is 1.39. The number of benzene rings is 1. The minimum atomic E-state index is -2.90. The Labute approximate surface area is 187 Å². The molecule has 1 saturated carbocycles. The number of likely N-dealkylation sites (N-methyl/N-ethyl adjacent to an activating group) is 1. The van der Waals surface area contributed by atoms with Gasteiger partial charge in [0.2, 0.25) is 5.91 Å². The van der Waals surface area contributed by atoms with Crippen molar-refractivity contribution < 1.29 is 27.5 Å². The van der Waals surface area contributed by atoms with E-state index in [1.807, 2.05) is 0 Å². The van der Waals surface area contributed by atoms with Gasteiger partial charge in [-0.2, -0.15) is 13.9 Å². The molecule has 1 aromatic heterocycles. The average molecular weight is 471 g/mol. The molecule has 0 atom stereocenters. The maximum Gasteiger partial charge on any atom is 0.345 e. The lowest BCUT2D eigenvalue weighted by Crippen LogP contribution is -2.43. The molecule has 32 heavy (non-hydrogen) atoms. The second-order valence-corrected chi connectivity index (χ2v) is 8.59. The SMILES string of the molecule is CN(C(=O)c1n[nH]c2c1CN(C(=O)Cc1ccc(F)c(Cl)c1)CC2)C1(COC(F)F)CC1. The first kappa shape index (κ1) is 22.6. The van der Waals surface area contributed by atoms with Gasteiger partial charge in [0.25, 0.3) is 5.91 Å². The number of alkyl halides is 2. The van der Waals surface area contributed by atoms with Crippen molar-refractivity contribution >= 4 is 23.4 Å². The lowest BCUT2D eigenvalue weighted by atomic mass is 10.0. The second kappa shape index (κ2) is 8.74. The molecule has 2 aliphatic rings. The molecule has 0 bridgehead atoms. The smallest absolute Gasteiger partial charge is 0.338 e. The molecule has 1 aliphatic heterocycles. The zero-order valence-electron chi connectivity index (χ0n) is 17.3. The number of ether oxygens (including phenoxy) is 1. The van der Waals surface area contributed by atoms with Gasteiger partial charge in [0.05, 0.1) is 23.6 Å². The number of halogens is 4. The van der Waals surface area contributed by atoms with Gasteiger partial charge >= 0.3 is 6.61 Å². The summed E-state index contributed by atoms with van der Waals surface area (Å²) >= 11 is 5.80. The lowest BCUT2D eigenvalue weighted by Gasteiger charge is -2.30. The van der Waals surface area contributed by atoms with Gasteiger partial charge in [-0.1, -0.05) is 17.7 Å². The molecular weight excluding hydrogens is 449 g/mol. The maximum atomic E-state index is 13.4. The largest absolute Gasteiger partial charge is 0.345 e. The molecule has 1 aliphatic carbocycles.